The molecule has 0 heterocycles. The lowest BCUT2D eigenvalue weighted by Crippen LogP contribution is -2.34. The first-order valence-electron chi connectivity index (χ1n) is 7.87. The average molecular weight is 309 g/mol. The number of Topliss-reactive ketones (excluding diaryl/α,β-unsaturated/α-hetero) is 1. The van der Waals surface area contributed by atoms with Crippen molar-refractivity contribution in [3.63, 3.8) is 0 Å². The van der Waals surface area contributed by atoms with Crippen LogP contribution in [0.15, 0.2) is 30.3 Å². The van der Waals surface area contributed by atoms with Gasteiger partial charge in [-0.15, -0.1) is 0 Å². The molecule has 0 aromatic heterocycles. The number of carbonyl (C=O) groups excluding carboxylic acids is 1. The Bertz CT molecular complexity index is 662. The van der Waals surface area contributed by atoms with Gasteiger partial charge in [0.2, 0.25) is 0 Å². The predicted molar refractivity (Wildman–Crippen MR) is 92.7 cm³/mol. The van der Waals surface area contributed by atoms with Crippen LogP contribution in [0.3, 0.4) is 0 Å². The molecule has 0 bridgehead atoms. The van der Waals surface area contributed by atoms with Gasteiger partial charge >= 0.3 is 0 Å². The quantitative estimate of drug-likeness (QED) is 0.853. The van der Waals surface area contributed by atoms with E-state index in [9.17, 15) is 4.79 Å². The Morgan fingerprint density at radius 3 is 2.48 bits per heavy atom. The minimum absolute atomic E-state index is 0.132. The van der Waals surface area contributed by atoms with Crippen LogP contribution in [0.2, 0.25) is 0 Å². The van der Waals surface area contributed by atoms with E-state index < -0.39 is 0 Å². The zero-order valence-corrected chi connectivity index (χ0v) is 14.2. The maximum absolute atomic E-state index is 11.5. The molecule has 1 unspecified atom stereocenters. The zero-order chi connectivity index (χ0) is 16.8. The maximum Gasteiger partial charge on any atom is 0.170 e. The van der Waals surface area contributed by atoms with Gasteiger partial charge in [0.25, 0.3) is 0 Å². The second kappa shape index (κ2) is 7.80. The SMILES string of the molecule is CCc1cc(OC)c#cc1-c1ccc(CC(NC)C(C)=O)cc1. The van der Waals surface area contributed by atoms with Crippen LogP contribution in [0.5, 0.6) is 5.75 Å². The van der Waals surface area contributed by atoms with E-state index in [0.29, 0.717) is 12.2 Å². The third-order valence-corrected chi connectivity index (χ3v) is 4.06. The highest BCUT2D eigenvalue weighted by atomic mass is 16.5. The van der Waals surface area contributed by atoms with Crippen molar-refractivity contribution in [3.8, 4) is 16.9 Å². The first-order chi connectivity index (χ1) is 11.1. The second-order valence-electron chi connectivity index (χ2n) is 5.57. The van der Waals surface area contributed by atoms with Crippen molar-refractivity contribution in [1.29, 1.82) is 0 Å². The van der Waals surface area contributed by atoms with Crippen LogP contribution in [-0.2, 0) is 17.6 Å². The molecule has 3 heteroatoms. The highest BCUT2D eigenvalue weighted by Crippen LogP contribution is 2.25. The topological polar surface area (TPSA) is 38.3 Å². The summed E-state index contributed by atoms with van der Waals surface area (Å²) in [5.74, 6) is 0.864. The van der Waals surface area contributed by atoms with Gasteiger partial charge in [-0.3, -0.25) is 4.79 Å². The van der Waals surface area contributed by atoms with E-state index in [2.05, 4.69) is 48.6 Å². The Hall–Kier alpha value is -2.31. The van der Waals surface area contributed by atoms with Gasteiger partial charge in [-0.25, -0.2) is 0 Å². The monoisotopic (exact) mass is 309 g/mol. The lowest BCUT2D eigenvalue weighted by molar-refractivity contribution is -0.118. The van der Waals surface area contributed by atoms with Crippen LogP contribution in [0, 0.1) is 12.1 Å². The fourth-order valence-electron chi connectivity index (χ4n) is 2.61. The molecule has 0 aliphatic rings. The molecule has 0 aliphatic heterocycles. The van der Waals surface area contributed by atoms with Crippen molar-refractivity contribution < 1.29 is 9.53 Å². The van der Waals surface area contributed by atoms with Crippen molar-refractivity contribution in [3.05, 3.63) is 53.6 Å². The molecule has 2 aromatic rings. The minimum Gasteiger partial charge on any atom is -0.489 e. The molecule has 0 aliphatic carbocycles. The van der Waals surface area contributed by atoms with E-state index in [-0.39, 0.29) is 11.8 Å². The Balaban J connectivity index is 2.24. The Labute approximate surface area is 138 Å². The van der Waals surface area contributed by atoms with Gasteiger partial charge in [-0.1, -0.05) is 37.3 Å². The van der Waals surface area contributed by atoms with Crippen molar-refractivity contribution in [1.82, 2.24) is 5.32 Å². The van der Waals surface area contributed by atoms with E-state index in [4.69, 9.17) is 4.74 Å². The summed E-state index contributed by atoms with van der Waals surface area (Å²) in [6, 6.07) is 16.4. The number of benzene rings is 1. The number of rotatable bonds is 7. The van der Waals surface area contributed by atoms with E-state index in [1.807, 2.05) is 13.1 Å². The number of ketones is 1. The molecular weight excluding hydrogens is 286 g/mol. The van der Waals surface area contributed by atoms with Crippen LogP contribution in [-0.4, -0.2) is 26.0 Å². The molecule has 1 N–H and O–H groups in total. The first-order valence-corrected chi connectivity index (χ1v) is 7.87. The summed E-state index contributed by atoms with van der Waals surface area (Å²) in [7, 11) is 3.46. The molecule has 120 valence electrons. The van der Waals surface area contributed by atoms with Crippen LogP contribution in [0.25, 0.3) is 11.1 Å². The molecule has 2 aromatic carbocycles. The van der Waals surface area contributed by atoms with Crippen LogP contribution in [0.1, 0.15) is 25.0 Å². The summed E-state index contributed by atoms with van der Waals surface area (Å²) in [4.78, 5) is 11.5. The van der Waals surface area contributed by atoms with Gasteiger partial charge in [0.1, 0.15) is 5.78 Å². The summed E-state index contributed by atoms with van der Waals surface area (Å²) < 4.78 is 5.22. The number of aryl methyl sites for hydroxylation is 1. The van der Waals surface area contributed by atoms with Crippen LogP contribution >= 0.6 is 0 Å². The highest BCUT2D eigenvalue weighted by molar-refractivity contribution is 5.81. The van der Waals surface area contributed by atoms with Gasteiger partial charge in [-0.05, 0) is 55.6 Å². The van der Waals surface area contributed by atoms with Gasteiger partial charge in [0.05, 0.1) is 13.2 Å². The molecule has 2 rings (SSSR count). The summed E-state index contributed by atoms with van der Waals surface area (Å²) in [5, 5.41) is 3.05. The first kappa shape index (κ1) is 17.1. The fraction of sp³-hybridized carbons (Fsp3) is 0.350. The number of carbonyl (C=O) groups is 1. The Morgan fingerprint density at radius 2 is 1.96 bits per heavy atom. The molecular formula is C20H23NO2. The smallest absolute Gasteiger partial charge is 0.170 e. The highest BCUT2D eigenvalue weighted by Gasteiger charge is 2.12. The molecule has 23 heavy (non-hydrogen) atoms. The molecule has 1 atom stereocenters. The molecule has 0 saturated heterocycles. The van der Waals surface area contributed by atoms with Gasteiger partial charge < -0.3 is 10.1 Å². The predicted octanol–water partition coefficient (Wildman–Crippen LogP) is 3.24. The molecule has 0 fully saturated rings. The van der Waals surface area contributed by atoms with Crippen molar-refractivity contribution >= 4 is 5.78 Å². The number of ether oxygens (including phenoxy) is 1. The summed E-state index contributed by atoms with van der Waals surface area (Å²) in [6.45, 7) is 3.73. The van der Waals surface area contributed by atoms with E-state index in [1.54, 1.807) is 14.0 Å². The third-order valence-electron chi connectivity index (χ3n) is 4.06. The standard InChI is InChI=1S/C20H23NO2/c1-5-16-13-18(23-4)10-11-19(16)17-8-6-15(7-9-17)12-20(21-3)14(2)22/h6-9,13,20-21H,5,12H2,1-4H3. The Morgan fingerprint density at radius 1 is 1.26 bits per heavy atom. The van der Waals surface area contributed by atoms with Crippen molar-refractivity contribution in [2.45, 2.75) is 32.7 Å². The van der Waals surface area contributed by atoms with Crippen LogP contribution in [0.4, 0.5) is 0 Å². The number of hydrogen-bond acceptors (Lipinski definition) is 3. The number of nitrogens with one attached hydrogen (secondary N) is 1. The van der Waals surface area contributed by atoms with Crippen LogP contribution < -0.4 is 10.1 Å². The molecule has 0 spiro atoms. The normalized spacial score (nSPS) is 11.7. The largest absolute Gasteiger partial charge is 0.489 e. The van der Waals surface area contributed by atoms with E-state index >= 15 is 0 Å². The molecule has 0 saturated carbocycles. The minimum atomic E-state index is -0.132. The Kier molecular flexibility index (Phi) is 5.78. The number of methoxy groups -OCH3 is 1. The summed E-state index contributed by atoms with van der Waals surface area (Å²) in [5.41, 5.74) is 4.48. The van der Waals surface area contributed by atoms with Gasteiger partial charge in [0.15, 0.2) is 5.75 Å². The molecule has 0 amide bonds. The summed E-state index contributed by atoms with van der Waals surface area (Å²) >= 11 is 0. The fourth-order valence-corrected chi connectivity index (χ4v) is 2.61. The van der Waals surface area contributed by atoms with Gasteiger partial charge in [0, 0.05) is 5.56 Å². The molecule has 3 nitrogen and oxygen atoms in total. The van der Waals surface area contributed by atoms with E-state index in [0.717, 1.165) is 23.1 Å². The maximum atomic E-state index is 11.5. The third kappa shape index (κ3) is 4.12. The van der Waals surface area contributed by atoms with Gasteiger partial charge in [-0.2, -0.15) is 0 Å². The summed E-state index contributed by atoms with van der Waals surface area (Å²) in [6.07, 6.45) is 1.61. The van der Waals surface area contributed by atoms with Crippen molar-refractivity contribution in [2.75, 3.05) is 14.2 Å². The lowest BCUT2D eigenvalue weighted by Gasteiger charge is -2.13. The second-order valence-corrected chi connectivity index (χ2v) is 5.57. The van der Waals surface area contributed by atoms with E-state index in [1.165, 1.54) is 5.56 Å². The zero-order valence-electron chi connectivity index (χ0n) is 14.2. The number of hydrogen-bond donors (Lipinski definition) is 1. The molecule has 0 radical (unpaired) electrons. The lowest BCUT2D eigenvalue weighted by atomic mass is 9.96. The average Bonchev–Trinajstić information content (AvgIpc) is 2.59. The number of likely N-dealkylation sites (N-methyl/N-ethyl adjacent to an activating group) is 1. The van der Waals surface area contributed by atoms with Crippen molar-refractivity contribution in [2.24, 2.45) is 0 Å².